The van der Waals surface area contributed by atoms with Gasteiger partial charge in [-0.25, -0.2) is 0 Å². The van der Waals surface area contributed by atoms with Gasteiger partial charge < -0.3 is 4.90 Å². The van der Waals surface area contributed by atoms with Crippen LogP contribution in [0.3, 0.4) is 0 Å². The number of hydrogen-bond acceptors (Lipinski definition) is 2. The maximum atomic E-state index is 12.9. The lowest BCUT2D eigenvalue weighted by Gasteiger charge is -2.36. The first-order valence-electron chi connectivity index (χ1n) is 8.53. The predicted octanol–water partition coefficient (Wildman–Crippen LogP) is 4.64. The molecule has 2 nitrogen and oxygen atoms in total. The second kappa shape index (κ2) is 7.08. The number of benzene rings is 2. The lowest BCUT2D eigenvalue weighted by Crippen LogP contribution is -2.46. The molecule has 1 aliphatic rings. The lowest BCUT2D eigenvalue weighted by atomic mass is 10.0. The van der Waals surface area contributed by atoms with Crippen molar-refractivity contribution >= 4 is 5.69 Å². The zero-order valence-electron chi connectivity index (χ0n) is 14.6. The summed E-state index contributed by atoms with van der Waals surface area (Å²) in [4.78, 5) is 4.40. The second-order valence-electron chi connectivity index (χ2n) is 6.74. The van der Waals surface area contributed by atoms with Gasteiger partial charge in [0.05, 0.1) is 5.56 Å². The molecule has 1 fully saturated rings. The van der Waals surface area contributed by atoms with Gasteiger partial charge in [-0.1, -0.05) is 29.8 Å². The molecule has 0 radical (unpaired) electrons. The van der Waals surface area contributed by atoms with Crippen LogP contribution >= 0.6 is 0 Å². The third-order valence-electron chi connectivity index (χ3n) is 4.81. The summed E-state index contributed by atoms with van der Waals surface area (Å²) in [7, 11) is 0. The van der Waals surface area contributed by atoms with Crippen molar-refractivity contribution in [1.82, 2.24) is 4.90 Å². The maximum absolute atomic E-state index is 12.9. The highest BCUT2D eigenvalue weighted by Crippen LogP contribution is 2.32. The Balaban J connectivity index is 1.63. The minimum Gasteiger partial charge on any atom is -0.369 e. The molecule has 25 heavy (non-hydrogen) atoms. The zero-order chi connectivity index (χ0) is 18.0. The van der Waals surface area contributed by atoms with E-state index in [0.717, 1.165) is 38.8 Å². The van der Waals surface area contributed by atoms with Gasteiger partial charge in [0.15, 0.2) is 0 Å². The summed E-state index contributed by atoms with van der Waals surface area (Å²) >= 11 is 0. The second-order valence-corrected chi connectivity index (χ2v) is 6.74. The van der Waals surface area contributed by atoms with E-state index >= 15 is 0 Å². The summed E-state index contributed by atoms with van der Waals surface area (Å²) in [6, 6.07) is 12.1. The molecule has 5 heteroatoms. The zero-order valence-corrected chi connectivity index (χ0v) is 14.6. The van der Waals surface area contributed by atoms with Crippen LogP contribution in [-0.2, 0) is 12.7 Å². The van der Waals surface area contributed by atoms with Gasteiger partial charge in [-0.3, -0.25) is 4.90 Å². The Hall–Kier alpha value is -2.01. The van der Waals surface area contributed by atoms with Crippen molar-refractivity contribution in [3.05, 3.63) is 64.7 Å². The molecule has 1 saturated heterocycles. The fourth-order valence-electron chi connectivity index (χ4n) is 3.25. The molecule has 1 aliphatic heterocycles. The van der Waals surface area contributed by atoms with Gasteiger partial charge in [-0.15, -0.1) is 0 Å². The molecule has 0 bridgehead atoms. The molecule has 3 rings (SSSR count). The first-order chi connectivity index (χ1) is 11.8. The molecule has 2 aromatic rings. The summed E-state index contributed by atoms with van der Waals surface area (Å²) < 4.78 is 38.6. The number of nitrogens with zero attached hydrogens (tertiary/aromatic N) is 2. The Morgan fingerprint density at radius 1 is 0.920 bits per heavy atom. The molecule has 0 saturated carbocycles. The van der Waals surface area contributed by atoms with Crippen LogP contribution in [0.1, 0.15) is 22.3 Å². The minimum absolute atomic E-state index is 0.581. The molecule has 0 unspecified atom stereocenters. The minimum atomic E-state index is -4.29. The van der Waals surface area contributed by atoms with Crippen molar-refractivity contribution in [2.75, 3.05) is 31.1 Å². The van der Waals surface area contributed by atoms with E-state index in [1.807, 2.05) is 4.90 Å². The van der Waals surface area contributed by atoms with Crippen LogP contribution in [-0.4, -0.2) is 31.1 Å². The standard InChI is InChI=1S/C20H23F3N2/c1-15-6-7-16(2)17(12-15)14-24-8-10-25(11-9-24)19-5-3-4-18(13-19)20(21,22)23/h3-7,12-13H,8-11,14H2,1-2H3. The topological polar surface area (TPSA) is 6.48 Å². The molecular formula is C20H23F3N2. The Bertz CT molecular complexity index is 732. The third-order valence-corrected chi connectivity index (χ3v) is 4.81. The number of anilines is 1. The maximum Gasteiger partial charge on any atom is 0.416 e. The third kappa shape index (κ3) is 4.34. The van der Waals surface area contributed by atoms with Gasteiger partial charge in [0.2, 0.25) is 0 Å². The highest BCUT2D eigenvalue weighted by atomic mass is 19.4. The van der Waals surface area contributed by atoms with E-state index in [2.05, 4.69) is 36.9 Å². The average molecular weight is 348 g/mol. The van der Waals surface area contributed by atoms with E-state index in [0.29, 0.717) is 5.69 Å². The molecule has 0 aromatic heterocycles. The van der Waals surface area contributed by atoms with E-state index in [1.165, 1.54) is 28.8 Å². The fourth-order valence-corrected chi connectivity index (χ4v) is 3.25. The monoisotopic (exact) mass is 348 g/mol. The van der Waals surface area contributed by atoms with Crippen molar-refractivity contribution in [1.29, 1.82) is 0 Å². The number of alkyl halides is 3. The van der Waals surface area contributed by atoms with Gasteiger partial charge >= 0.3 is 6.18 Å². The van der Waals surface area contributed by atoms with Gasteiger partial charge in [0.1, 0.15) is 0 Å². The van der Waals surface area contributed by atoms with E-state index in [4.69, 9.17) is 0 Å². The number of hydrogen-bond donors (Lipinski definition) is 0. The Morgan fingerprint density at radius 3 is 2.32 bits per heavy atom. The number of rotatable bonds is 3. The average Bonchev–Trinajstić information content (AvgIpc) is 2.58. The van der Waals surface area contributed by atoms with Crippen molar-refractivity contribution < 1.29 is 13.2 Å². The molecule has 0 N–H and O–H groups in total. The largest absolute Gasteiger partial charge is 0.416 e. The summed E-state index contributed by atoms with van der Waals surface area (Å²) in [5.74, 6) is 0. The number of piperazine rings is 1. The Kier molecular flexibility index (Phi) is 5.04. The molecule has 0 atom stereocenters. The van der Waals surface area contributed by atoms with Gasteiger partial charge in [-0.2, -0.15) is 13.2 Å². The summed E-state index contributed by atoms with van der Waals surface area (Å²) in [6.07, 6.45) is -4.29. The summed E-state index contributed by atoms with van der Waals surface area (Å²) in [6.45, 7) is 8.29. The van der Waals surface area contributed by atoms with Crippen LogP contribution < -0.4 is 4.90 Å². The van der Waals surface area contributed by atoms with Gasteiger partial charge in [0, 0.05) is 38.4 Å². The molecule has 134 valence electrons. The van der Waals surface area contributed by atoms with Crippen LogP contribution in [0.5, 0.6) is 0 Å². The van der Waals surface area contributed by atoms with Crippen molar-refractivity contribution in [2.24, 2.45) is 0 Å². The summed E-state index contributed by atoms with van der Waals surface area (Å²) in [5.41, 5.74) is 3.94. The quantitative estimate of drug-likeness (QED) is 0.797. The van der Waals surface area contributed by atoms with E-state index in [1.54, 1.807) is 6.07 Å². The van der Waals surface area contributed by atoms with Crippen LogP contribution in [0.2, 0.25) is 0 Å². The van der Waals surface area contributed by atoms with Crippen LogP contribution in [0.15, 0.2) is 42.5 Å². The first kappa shape index (κ1) is 17.8. The Morgan fingerprint density at radius 2 is 1.64 bits per heavy atom. The predicted molar refractivity (Wildman–Crippen MR) is 94.9 cm³/mol. The normalized spacial score (nSPS) is 16.3. The molecular weight excluding hydrogens is 325 g/mol. The van der Waals surface area contributed by atoms with Gasteiger partial charge in [-0.05, 0) is 43.2 Å². The highest BCUT2D eigenvalue weighted by molar-refractivity contribution is 5.49. The van der Waals surface area contributed by atoms with Crippen LogP contribution in [0.25, 0.3) is 0 Å². The van der Waals surface area contributed by atoms with Crippen LogP contribution in [0, 0.1) is 13.8 Å². The molecule has 0 aliphatic carbocycles. The molecule has 1 heterocycles. The van der Waals surface area contributed by atoms with Crippen molar-refractivity contribution in [3.63, 3.8) is 0 Å². The summed E-state index contributed by atoms with van der Waals surface area (Å²) in [5, 5.41) is 0. The number of aryl methyl sites for hydroxylation is 2. The van der Waals surface area contributed by atoms with Crippen molar-refractivity contribution in [2.45, 2.75) is 26.6 Å². The fraction of sp³-hybridized carbons (Fsp3) is 0.400. The highest BCUT2D eigenvalue weighted by Gasteiger charge is 2.31. The molecule has 2 aromatic carbocycles. The molecule has 0 amide bonds. The SMILES string of the molecule is Cc1ccc(C)c(CN2CCN(c3cccc(C(F)(F)F)c3)CC2)c1. The Labute approximate surface area is 146 Å². The van der Waals surface area contributed by atoms with Crippen LogP contribution in [0.4, 0.5) is 18.9 Å². The smallest absolute Gasteiger partial charge is 0.369 e. The lowest BCUT2D eigenvalue weighted by molar-refractivity contribution is -0.137. The number of halogens is 3. The first-order valence-corrected chi connectivity index (χ1v) is 8.53. The van der Waals surface area contributed by atoms with E-state index < -0.39 is 11.7 Å². The van der Waals surface area contributed by atoms with E-state index in [-0.39, 0.29) is 0 Å². The van der Waals surface area contributed by atoms with Gasteiger partial charge in [0.25, 0.3) is 0 Å². The van der Waals surface area contributed by atoms with Crippen molar-refractivity contribution in [3.8, 4) is 0 Å². The van der Waals surface area contributed by atoms with E-state index in [9.17, 15) is 13.2 Å². The molecule has 0 spiro atoms.